The molecule has 0 radical (unpaired) electrons. The summed E-state index contributed by atoms with van der Waals surface area (Å²) in [6.07, 6.45) is 0.690. The van der Waals surface area contributed by atoms with Gasteiger partial charge in [-0.15, -0.1) is 11.3 Å². The monoisotopic (exact) mass is 305 g/mol. The fraction of sp³-hybridized carbons (Fsp3) is 0.267. The van der Waals surface area contributed by atoms with E-state index in [9.17, 15) is 9.59 Å². The molecule has 0 bridgehead atoms. The SMILES string of the molecule is Cc1nc(-c2ccc(OC(C)C)c(C=O)c2)sc1C(=O)O. The molecule has 1 N–H and O–H groups in total. The summed E-state index contributed by atoms with van der Waals surface area (Å²) in [5.41, 5.74) is 1.59. The molecule has 6 heteroatoms. The van der Waals surface area contributed by atoms with E-state index in [1.807, 2.05) is 13.8 Å². The minimum Gasteiger partial charge on any atom is -0.490 e. The third kappa shape index (κ3) is 3.28. The first-order chi connectivity index (χ1) is 9.92. The number of aromatic nitrogens is 1. The number of hydrogen-bond donors (Lipinski definition) is 1. The number of thiazole rings is 1. The lowest BCUT2D eigenvalue weighted by Gasteiger charge is -2.12. The number of benzene rings is 1. The number of carboxylic acid groups (broad SMARTS) is 1. The minimum absolute atomic E-state index is 0.0322. The van der Waals surface area contributed by atoms with E-state index in [4.69, 9.17) is 9.84 Å². The standard InChI is InChI=1S/C15H15NO4S/c1-8(2)20-12-5-4-10(6-11(12)7-17)14-16-9(3)13(21-14)15(18)19/h4-8H,1-3H3,(H,18,19). The molecule has 2 rings (SSSR count). The lowest BCUT2D eigenvalue weighted by Crippen LogP contribution is -2.07. The Bertz CT molecular complexity index is 691. The van der Waals surface area contributed by atoms with Crippen LogP contribution in [-0.2, 0) is 0 Å². The average Bonchev–Trinajstić information content (AvgIpc) is 2.81. The van der Waals surface area contributed by atoms with Gasteiger partial charge in [0, 0.05) is 5.56 Å². The Morgan fingerprint density at radius 3 is 2.67 bits per heavy atom. The fourth-order valence-corrected chi connectivity index (χ4v) is 2.75. The van der Waals surface area contributed by atoms with Gasteiger partial charge in [0.15, 0.2) is 6.29 Å². The van der Waals surface area contributed by atoms with Crippen molar-refractivity contribution in [2.45, 2.75) is 26.9 Å². The first-order valence-electron chi connectivity index (χ1n) is 6.39. The Kier molecular flexibility index (Phi) is 4.37. The maximum absolute atomic E-state index is 11.2. The van der Waals surface area contributed by atoms with Crippen molar-refractivity contribution in [3.05, 3.63) is 34.3 Å². The van der Waals surface area contributed by atoms with E-state index in [1.165, 1.54) is 0 Å². The Hall–Kier alpha value is -2.21. The number of aromatic carboxylic acids is 1. The van der Waals surface area contributed by atoms with Crippen LogP contribution in [0.15, 0.2) is 18.2 Å². The van der Waals surface area contributed by atoms with Gasteiger partial charge in [0.05, 0.1) is 17.4 Å². The van der Waals surface area contributed by atoms with Crippen LogP contribution in [0.2, 0.25) is 0 Å². The second-order valence-corrected chi connectivity index (χ2v) is 5.77. The zero-order valence-corrected chi connectivity index (χ0v) is 12.7. The summed E-state index contributed by atoms with van der Waals surface area (Å²) in [6.45, 7) is 5.41. The van der Waals surface area contributed by atoms with E-state index >= 15 is 0 Å². The molecule has 0 amide bonds. The molecule has 2 aromatic rings. The Balaban J connectivity index is 2.43. The minimum atomic E-state index is -0.994. The van der Waals surface area contributed by atoms with Gasteiger partial charge in [0.2, 0.25) is 0 Å². The highest BCUT2D eigenvalue weighted by atomic mass is 32.1. The molecular formula is C15H15NO4S. The quantitative estimate of drug-likeness (QED) is 0.857. The normalized spacial score (nSPS) is 10.7. The number of aldehydes is 1. The number of hydrogen-bond acceptors (Lipinski definition) is 5. The van der Waals surface area contributed by atoms with Crippen LogP contribution in [0.3, 0.4) is 0 Å². The number of carbonyl (C=O) groups excluding carboxylic acids is 1. The molecule has 0 spiro atoms. The summed E-state index contributed by atoms with van der Waals surface area (Å²) < 4.78 is 5.55. The van der Waals surface area contributed by atoms with Gasteiger partial charge in [0.1, 0.15) is 15.6 Å². The molecule has 110 valence electrons. The van der Waals surface area contributed by atoms with Gasteiger partial charge in [0.25, 0.3) is 0 Å². The molecule has 21 heavy (non-hydrogen) atoms. The molecule has 0 saturated heterocycles. The maximum Gasteiger partial charge on any atom is 0.347 e. The molecule has 0 fully saturated rings. The van der Waals surface area contributed by atoms with Gasteiger partial charge in [-0.2, -0.15) is 0 Å². The van der Waals surface area contributed by atoms with Crippen molar-refractivity contribution in [2.75, 3.05) is 0 Å². The molecule has 0 atom stereocenters. The van der Waals surface area contributed by atoms with Gasteiger partial charge >= 0.3 is 5.97 Å². The molecule has 1 heterocycles. The summed E-state index contributed by atoms with van der Waals surface area (Å²) in [5, 5.41) is 9.64. The molecule has 5 nitrogen and oxygen atoms in total. The van der Waals surface area contributed by atoms with Crippen molar-refractivity contribution in [2.24, 2.45) is 0 Å². The van der Waals surface area contributed by atoms with Crippen LogP contribution in [0.4, 0.5) is 0 Å². The summed E-state index contributed by atoms with van der Waals surface area (Å²) in [4.78, 5) is 26.7. The molecule has 0 aliphatic carbocycles. The Morgan fingerprint density at radius 1 is 1.43 bits per heavy atom. The molecular weight excluding hydrogens is 290 g/mol. The first-order valence-corrected chi connectivity index (χ1v) is 7.21. The third-order valence-electron chi connectivity index (χ3n) is 2.74. The number of aryl methyl sites for hydroxylation is 1. The number of ether oxygens (including phenoxy) is 1. The molecule has 0 aliphatic heterocycles. The van der Waals surface area contributed by atoms with Crippen LogP contribution in [0.5, 0.6) is 5.75 Å². The highest BCUT2D eigenvalue weighted by Gasteiger charge is 2.16. The van der Waals surface area contributed by atoms with Crippen molar-refractivity contribution in [1.82, 2.24) is 4.98 Å². The van der Waals surface area contributed by atoms with E-state index in [1.54, 1.807) is 25.1 Å². The van der Waals surface area contributed by atoms with Crippen molar-refractivity contribution < 1.29 is 19.4 Å². The summed E-state index contributed by atoms with van der Waals surface area (Å²) >= 11 is 1.09. The van der Waals surface area contributed by atoms with Crippen LogP contribution in [-0.4, -0.2) is 28.4 Å². The highest BCUT2D eigenvalue weighted by Crippen LogP contribution is 2.31. The Morgan fingerprint density at radius 2 is 2.14 bits per heavy atom. The van der Waals surface area contributed by atoms with Gasteiger partial charge in [-0.05, 0) is 39.0 Å². The van der Waals surface area contributed by atoms with Crippen LogP contribution >= 0.6 is 11.3 Å². The van der Waals surface area contributed by atoms with E-state index in [2.05, 4.69) is 4.98 Å². The van der Waals surface area contributed by atoms with Gasteiger partial charge < -0.3 is 9.84 Å². The summed E-state index contributed by atoms with van der Waals surface area (Å²) in [7, 11) is 0. The predicted molar refractivity (Wildman–Crippen MR) is 80.4 cm³/mol. The average molecular weight is 305 g/mol. The smallest absolute Gasteiger partial charge is 0.347 e. The first kappa shape index (κ1) is 15.2. The Labute approximate surface area is 126 Å². The van der Waals surface area contributed by atoms with Crippen LogP contribution in [0, 0.1) is 6.92 Å². The summed E-state index contributed by atoms with van der Waals surface area (Å²) in [6, 6.07) is 5.14. The van der Waals surface area contributed by atoms with E-state index in [0.29, 0.717) is 27.6 Å². The second kappa shape index (κ2) is 6.05. The zero-order chi connectivity index (χ0) is 15.6. The van der Waals surface area contributed by atoms with Crippen molar-refractivity contribution in [3.63, 3.8) is 0 Å². The van der Waals surface area contributed by atoms with Crippen molar-refractivity contribution in [1.29, 1.82) is 0 Å². The zero-order valence-electron chi connectivity index (χ0n) is 11.9. The highest BCUT2D eigenvalue weighted by molar-refractivity contribution is 7.17. The molecule has 1 aromatic heterocycles. The lowest BCUT2D eigenvalue weighted by atomic mass is 10.1. The van der Waals surface area contributed by atoms with Crippen LogP contribution in [0.1, 0.15) is 39.6 Å². The third-order valence-corrected chi connectivity index (χ3v) is 3.93. The molecule has 0 aliphatic rings. The van der Waals surface area contributed by atoms with E-state index < -0.39 is 5.97 Å². The van der Waals surface area contributed by atoms with Gasteiger partial charge in [-0.25, -0.2) is 9.78 Å². The number of carbonyl (C=O) groups is 2. The largest absolute Gasteiger partial charge is 0.490 e. The number of rotatable bonds is 5. The lowest BCUT2D eigenvalue weighted by molar-refractivity contribution is 0.0701. The number of carboxylic acids is 1. The summed E-state index contributed by atoms with van der Waals surface area (Å²) in [5.74, 6) is -0.484. The van der Waals surface area contributed by atoms with E-state index in [0.717, 1.165) is 17.6 Å². The van der Waals surface area contributed by atoms with Crippen LogP contribution < -0.4 is 4.74 Å². The number of nitrogens with zero attached hydrogens (tertiary/aromatic N) is 1. The van der Waals surface area contributed by atoms with Gasteiger partial charge in [-0.3, -0.25) is 4.79 Å². The maximum atomic E-state index is 11.2. The van der Waals surface area contributed by atoms with Crippen LogP contribution in [0.25, 0.3) is 10.6 Å². The van der Waals surface area contributed by atoms with E-state index in [-0.39, 0.29) is 11.0 Å². The molecule has 0 saturated carbocycles. The molecule has 0 unspecified atom stereocenters. The fourth-order valence-electron chi connectivity index (χ4n) is 1.85. The molecule has 1 aromatic carbocycles. The van der Waals surface area contributed by atoms with Crippen molar-refractivity contribution >= 4 is 23.6 Å². The predicted octanol–water partition coefficient (Wildman–Crippen LogP) is 3.42. The van der Waals surface area contributed by atoms with Crippen molar-refractivity contribution in [3.8, 4) is 16.3 Å². The van der Waals surface area contributed by atoms with Gasteiger partial charge in [-0.1, -0.05) is 0 Å². The second-order valence-electron chi connectivity index (χ2n) is 4.78. The topological polar surface area (TPSA) is 76.5 Å².